The molecule has 2 N–H and O–H groups in total. The molecule has 0 spiro atoms. The van der Waals surface area contributed by atoms with E-state index in [0.29, 0.717) is 17.5 Å². The van der Waals surface area contributed by atoms with Gasteiger partial charge < -0.3 is 10.6 Å². The number of amides is 2. The van der Waals surface area contributed by atoms with E-state index in [2.05, 4.69) is 15.7 Å². The Morgan fingerprint density at radius 2 is 1.92 bits per heavy atom. The summed E-state index contributed by atoms with van der Waals surface area (Å²) in [5, 5.41) is 18.8. The van der Waals surface area contributed by atoms with Gasteiger partial charge in [0.25, 0.3) is 11.8 Å². The average molecular weight is 546 g/mol. The Bertz CT molecular complexity index is 1690. The molecule has 1 aromatic heterocycles. The summed E-state index contributed by atoms with van der Waals surface area (Å²) in [6, 6.07) is 7.09. The Balaban J connectivity index is 1.70. The van der Waals surface area contributed by atoms with Gasteiger partial charge in [0, 0.05) is 32.8 Å². The molecular weight excluding hydrogens is 533 g/mol. The van der Waals surface area contributed by atoms with Gasteiger partial charge in [-0.05, 0) is 42.5 Å². The number of alkyl halides is 3. The van der Waals surface area contributed by atoms with Crippen molar-refractivity contribution in [2.24, 2.45) is 0 Å². The zero-order valence-electron chi connectivity index (χ0n) is 18.8. The van der Waals surface area contributed by atoms with Crippen LogP contribution in [0.25, 0.3) is 10.9 Å². The monoisotopic (exact) mass is 545 g/mol. The molecule has 7 nitrogen and oxygen atoms in total. The lowest BCUT2D eigenvalue weighted by Gasteiger charge is -2.19. The van der Waals surface area contributed by atoms with E-state index in [9.17, 15) is 31.5 Å². The molecule has 1 atom stereocenters. The number of nitrogens with zero attached hydrogens (tertiary/aromatic N) is 3. The van der Waals surface area contributed by atoms with Gasteiger partial charge in [-0.2, -0.15) is 23.5 Å². The molecule has 5 rings (SSSR count). The fraction of sp³-hybridized carbons (Fsp3) is 0.120. The molecule has 1 unspecified atom stereocenters. The number of carbonyl (C=O) groups is 2. The minimum Gasteiger partial charge on any atom is -0.341 e. The fourth-order valence-electron chi connectivity index (χ4n) is 4.40. The molecule has 0 saturated carbocycles. The number of aromatic nitrogens is 2. The summed E-state index contributed by atoms with van der Waals surface area (Å²) >= 11 is 6.28. The van der Waals surface area contributed by atoms with Crippen molar-refractivity contribution in [3.63, 3.8) is 0 Å². The maximum Gasteiger partial charge on any atom is 0.416 e. The second-order valence-electron chi connectivity index (χ2n) is 8.36. The van der Waals surface area contributed by atoms with Crippen molar-refractivity contribution in [2.75, 3.05) is 5.32 Å². The summed E-state index contributed by atoms with van der Waals surface area (Å²) in [7, 11) is 0. The molecule has 1 aliphatic heterocycles. The number of halogens is 6. The zero-order valence-corrected chi connectivity index (χ0v) is 19.6. The largest absolute Gasteiger partial charge is 0.416 e. The lowest BCUT2D eigenvalue weighted by Crippen LogP contribution is -2.21. The molecule has 0 fully saturated rings. The third kappa shape index (κ3) is 4.31. The number of benzene rings is 3. The van der Waals surface area contributed by atoms with Gasteiger partial charge in [0.1, 0.15) is 18.2 Å². The maximum absolute atomic E-state index is 14.1. The first-order chi connectivity index (χ1) is 18.0. The normalized spacial score (nSPS) is 14.8. The van der Waals surface area contributed by atoms with Crippen molar-refractivity contribution in [1.29, 1.82) is 5.26 Å². The molecule has 2 heterocycles. The van der Waals surface area contributed by atoms with E-state index in [1.165, 1.54) is 23.0 Å². The third-order valence-electron chi connectivity index (χ3n) is 6.01. The van der Waals surface area contributed by atoms with Crippen LogP contribution in [0.2, 0.25) is 5.02 Å². The first kappa shape index (κ1) is 25.2. The van der Waals surface area contributed by atoms with Gasteiger partial charge in [-0.1, -0.05) is 11.6 Å². The van der Waals surface area contributed by atoms with Crippen molar-refractivity contribution >= 4 is 40.0 Å². The minimum absolute atomic E-state index is 0.0440. The third-order valence-corrected chi connectivity index (χ3v) is 6.35. The Morgan fingerprint density at radius 1 is 1.16 bits per heavy atom. The standard InChI is InChI=1S/C25H13ClF5N5O2/c26-17-2-1-13(27)8-15(17)22-21-18(34-23(37)11-5-12(25(29,30)31)7-14(28)6-11)9-19-16(20(21)24(38)35-22)10-33-36(19)4-3-32/h1-2,5-10,22H,4H2,(H,34,37)(H,35,38). The van der Waals surface area contributed by atoms with Crippen LogP contribution in [0.3, 0.4) is 0 Å². The summed E-state index contributed by atoms with van der Waals surface area (Å²) in [4.78, 5) is 26.2. The van der Waals surface area contributed by atoms with Crippen molar-refractivity contribution < 1.29 is 31.5 Å². The highest BCUT2D eigenvalue weighted by molar-refractivity contribution is 6.31. The predicted octanol–water partition coefficient (Wildman–Crippen LogP) is 5.60. The van der Waals surface area contributed by atoms with Crippen LogP contribution < -0.4 is 10.6 Å². The topological polar surface area (TPSA) is 99.8 Å². The van der Waals surface area contributed by atoms with Crippen molar-refractivity contribution in [3.8, 4) is 6.07 Å². The Hall–Kier alpha value is -4.50. The highest BCUT2D eigenvalue weighted by Crippen LogP contribution is 2.43. The van der Waals surface area contributed by atoms with Gasteiger partial charge >= 0.3 is 6.18 Å². The van der Waals surface area contributed by atoms with Crippen molar-refractivity contribution in [3.05, 3.63) is 93.1 Å². The molecular formula is C25H13ClF5N5O2. The van der Waals surface area contributed by atoms with E-state index >= 15 is 0 Å². The summed E-state index contributed by atoms with van der Waals surface area (Å²) in [5.74, 6) is -3.65. The highest BCUT2D eigenvalue weighted by Gasteiger charge is 2.37. The van der Waals surface area contributed by atoms with Crippen LogP contribution in [0.1, 0.15) is 43.4 Å². The van der Waals surface area contributed by atoms with E-state index in [1.54, 1.807) is 0 Å². The van der Waals surface area contributed by atoms with E-state index < -0.39 is 46.8 Å². The van der Waals surface area contributed by atoms with Crippen LogP contribution >= 0.6 is 11.6 Å². The molecule has 2 amide bonds. The van der Waals surface area contributed by atoms with Crippen LogP contribution in [-0.4, -0.2) is 21.6 Å². The van der Waals surface area contributed by atoms with E-state index in [1.807, 2.05) is 6.07 Å². The number of carbonyl (C=O) groups excluding carboxylic acids is 2. The molecule has 0 radical (unpaired) electrons. The zero-order chi connectivity index (χ0) is 27.4. The van der Waals surface area contributed by atoms with Gasteiger partial charge in [0.15, 0.2) is 0 Å². The number of hydrogen-bond acceptors (Lipinski definition) is 4. The van der Waals surface area contributed by atoms with Crippen LogP contribution in [-0.2, 0) is 12.7 Å². The summed E-state index contributed by atoms with van der Waals surface area (Å²) in [6.45, 7) is -0.213. The Morgan fingerprint density at radius 3 is 2.63 bits per heavy atom. The van der Waals surface area contributed by atoms with Crippen molar-refractivity contribution in [2.45, 2.75) is 18.8 Å². The lowest BCUT2D eigenvalue weighted by molar-refractivity contribution is -0.137. The van der Waals surface area contributed by atoms with Crippen LogP contribution in [0.15, 0.2) is 48.7 Å². The quantitative estimate of drug-likeness (QED) is 0.326. The molecule has 4 aromatic rings. The second kappa shape index (κ2) is 9.11. The molecule has 13 heteroatoms. The SMILES string of the molecule is N#CCn1ncc2c3c(c(NC(=O)c4cc(F)cc(C(F)(F)F)c4)cc21)C(c1cc(F)ccc1Cl)NC3=O. The van der Waals surface area contributed by atoms with Crippen LogP contribution in [0, 0.1) is 23.0 Å². The van der Waals surface area contributed by atoms with Gasteiger partial charge in [0.2, 0.25) is 0 Å². The number of nitriles is 1. The molecule has 0 saturated heterocycles. The van der Waals surface area contributed by atoms with Gasteiger partial charge in [-0.25, -0.2) is 8.78 Å². The fourth-order valence-corrected chi connectivity index (χ4v) is 4.62. The highest BCUT2D eigenvalue weighted by atomic mass is 35.5. The summed E-state index contributed by atoms with van der Waals surface area (Å²) in [5.41, 5.74) is -1.44. The molecule has 1 aliphatic rings. The number of rotatable bonds is 4. The molecule has 0 bridgehead atoms. The Labute approximate surface area is 215 Å². The number of anilines is 1. The summed E-state index contributed by atoms with van der Waals surface area (Å²) in [6.07, 6.45) is -3.56. The first-order valence-corrected chi connectivity index (χ1v) is 11.2. The molecule has 0 aliphatic carbocycles. The lowest BCUT2D eigenvalue weighted by atomic mass is 9.94. The smallest absolute Gasteiger partial charge is 0.341 e. The van der Waals surface area contributed by atoms with Crippen molar-refractivity contribution in [1.82, 2.24) is 15.1 Å². The van der Waals surface area contributed by atoms with E-state index in [0.717, 1.165) is 12.1 Å². The number of nitrogens with one attached hydrogen (secondary N) is 2. The predicted molar refractivity (Wildman–Crippen MR) is 125 cm³/mol. The van der Waals surface area contributed by atoms with Gasteiger partial charge in [-0.3, -0.25) is 14.3 Å². The number of hydrogen-bond donors (Lipinski definition) is 2. The molecule has 3 aromatic carbocycles. The van der Waals surface area contributed by atoms with Crippen LogP contribution in [0.4, 0.5) is 27.6 Å². The molecule has 192 valence electrons. The Kier molecular flexibility index (Phi) is 6.03. The number of fused-ring (bicyclic) bond motifs is 3. The van der Waals surface area contributed by atoms with Crippen LogP contribution in [0.5, 0.6) is 0 Å². The average Bonchev–Trinajstić information content (AvgIpc) is 3.41. The summed E-state index contributed by atoms with van der Waals surface area (Å²) < 4.78 is 68.9. The van der Waals surface area contributed by atoms with E-state index in [4.69, 9.17) is 16.9 Å². The minimum atomic E-state index is -4.91. The first-order valence-electron chi connectivity index (χ1n) is 10.8. The second-order valence-corrected chi connectivity index (χ2v) is 8.77. The van der Waals surface area contributed by atoms with Gasteiger partial charge in [-0.15, -0.1) is 0 Å². The molecule has 38 heavy (non-hydrogen) atoms. The van der Waals surface area contributed by atoms with Gasteiger partial charge in [0.05, 0.1) is 35.0 Å². The maximum atomic E-state index is 14.1. The van der Waals surface area contributed by atoms with E-state index in [-0.39, 0.29) is 45.5 Å².